The first kappa shape index (κ1) is 44.2. The Morgan fingerprint density at radius 1 is 0.720 bits per heavy atom. The first-order chi connectivity index (χ1) is 23.3. The fourth-order valence-electron chi connectivity index (χ4n) is 5.43. The highest BCUT2D eigenvalue weighted by molar-refractivity contribution is 7.73. The number of carbonyl (C=O) groups is 4. The average Bonchev–Trinajstić information content (AvgIpc) is 3.06. The van der Waals surface area contributed by atoms with E-state index in [1.807, 2.05) is 0 Å². The minimum absolute atomic E-state index is 0.112. The maximum absolute atomic E-state index is 13.9. The summed E-state index contributed by atoms with van der Waals surface area (Å²) in [5.41, 5.74) is 17.1. The van der Waals surface area contributed by atoms with Crippen molar-refractivity contribution in [2.45, 2.75) is 121 Å². The molecule has 0 aromatic carbocycles. The molecule has 0 saturated heterocycles. The van der Waals surface area contributed by atoms with E-state index in [1.165, 1.54) is 0 Å². The lowest BCUT2D eigenvalue weighted by atomic mass is 9.87. The first-order valence-corrected chi connectivity index (χ1v) is 20.0. The number of rotatable bonds is 19. The molecule has 0 aromatic heterocycles. The van der Waals surface area contributed by atoms with Gasteiger partial charge in [0.1, 0.15) is 24.3 Å². The molecule has 0 spiro atoms. The zero-order chi connectivity index (χ0) is 37.9. The Bertz CT molecular complexity index is 1160. The molecular formula is C30H55N3O15P2. The van der Waals surface area contributed by atoms with Crippen molar-refractivity contribution in [3.05, 3.63) is 0 Å². The Balaban J connectivity index is 1.98. The highest BCUT2D eigenvalue weighted by Crippen LogP contribution is 2.74. The summed E-state index contributed by atoms with van der Waals surface area (Å²) >= 11 is 0. The van der Waals surface area contributed by atoms with Gasteiger partial charge in [0, 0.05) is 6.42 Å². The molecule has 2 aliphatic carbocycles. The van der Waals surface area contributed by atoms with Crippen LogP contribution in [0.5, 0.6) is 0 Å². The number of hydrogen-bond donors (Lipinski definition) is 6. The van der Waals surface area contributed by atoms with Crippen LogP contribution in [0.2, 0.25) is 0 Å². The highest BCUT2D eigenvalue weighted by atomic mass is 31.2. The molecule has 0 heterocycles. The van der Waals surface area contributed by atoms with Crippen LogP contribution in [0.15, 0.2) is 0 Å². The van der Waals surface area contributed by atoms with Gasteiger partial charge in [-0.3, -0.25) is 37.4 Å². The first-order valence-electron chi connectivity index (χ1n) is 16.9. The van der Waals surface area contributed by atoms with Crippen molar-refractivity contribution < 1.29 is 71.2 Å². The van der Waals surface area contributed by atoms with Gasteiger partial charge in [-0.25, -0.2) is 0 Å². The van der Waals surface area contributed by atoms with Crippen LogP contribution in [-0.2, 0) is 56.3 Å². The van der Waals surface area contributed by atoms with Gasteiger partial charge in [0.05, 0.1) is 11.8 Å². The van der Waals surface area contributed by atoms with Gasteiger partial charge in [0.25, 0.3) is 5.08 Å². The molecule has 18 nitrogen and oxygen atoms in total. The van der Waals surface area contributed by atoms with Crippen molar-refractivity contribution >= 4 is 39.1 Å². The van der Waals surface area contributed by atoms with Crippen LogP contribution in [0.25, 0.3) is 0 Å². The van der Waals surface area contributed by atoms with Gasteiger partial charge in [-0.15, -0.1) is 0 Å². The average molecular weight is 760 g/mol. The summed E-state index contributed by atoms with van der Waals surface area (Å²) in [6.45, 7) is 4.74. The molecular weight excluding hydrogens is 704 g/mol. The maximum atomic E-state index is 13.9. The van der Waals surface area contributed by atoms with E-state index in [1.54, 1.807) is 27.7 Å². The third kappa shape index (κ3) is 12.3. The number of ether oxygens (including phenoxy) is 4. The molecule has 1 unspecified atom stereocenters. The smallest absolute Gasteiger partial charge is 0.380 e. The summed E-state index contributed by atoms with van der Waals surface area (Å²) in [6.07, 6.45) is 0.557. The molecule has 2 aliphatic rings. The SMILES string of the molecule is CC(C)[C@H](N)C(=O)OC1CCC(C(=O)OCOP(=O)(OCOC(=O)C2CCC(OC(=O)[C@@H](N)C(C)C)CC2)C(O)(CCCN)P(=O)(O)O)CC1. The largest absolute Gasteiger partial charge is 0.461 e. The third-order valence-corrected chi connectivity index (χ3v) is 13.7. The lowest BCUT2D eigenvalue weighted by molar-refractivity contribution is -0.161. The fourth-order valence-corrected chi connectivity index (χ4v) is 8.81. The molecule has 0 aliphatic heterocycles. The topological polar surface area (TPSA) is 297 Å². The Morgan fingerprint density at radius 3 is 1.38 bits per heavy atom. The van der Waals surface area contributed by atoms with Crippen molar-refractivity contribution in [1.29, 1.82) is 0 Å². The minimum atomic E-state index is -5.68. The lowest BCUT2D eigenvalue weighted by Gasteiger charge is -2.34. The van der Waals surface area contributed by atoms with E-state index in [9.17, 15) is 43.2 Å². The molecule has 0 aromatic rings. The van der Waals surface area contributed by atoms with Crippen LogP contribution in [0.3, 0.4) is 0 Å². The van der Waals surface area contributed by atoms with Gasteiger partial charge in [-0.2, -0.15) is 0 Å². The number of esters is 4. The Hall–Kier alpha value is -1.98. The summed E-state index contributed by atoms with van der Waals surface area (Å²) in [5.74, 6) is -4.19. The summed E-state index contributed by atoms with van der Waals surface area (Å²) in [6, 6.07) is -1.55. The predicted octanol–water partition coefficient (Wildman–Crippen LogP) is 1.95. The van der Waals surface area contributed by atoms with Crippen molar-refractivity contribution in [3.63, 3.8) is 0 Å². The summed E-state index contributed by atoms with van der Waals surface area (Å²) < 4.78 is 57.5. The van der Waals surface area contributed by atoms with Crippen molar-refractivity contribution in [1.82, 2.24) is 0 Å². The van der Waals surface area contributed by atoms with Gasteiger partial charge < -0.3 is 51.0 Å². The number of aliphatic hydroxyl groups is 1. The second-order valence-electron chi connectivity index (χ2n) is 13.5. The summed E-state index contributed by atoms with van der Waals surface area (Å²) in [5, 5.41) is 7.64. The Morgan fingerprint density at radius 2 is 1.08 bits per heavy atom. The second-order valence-corrected chi connectivity index (χ2v) is 17.9. The summed E-state index contributed by atoms with van der Waals surface area (Å²) in [4.78, 5) is 69.9. The van der Waals surface area contributed by atoms with Crippen molar-refractivity contribution in [2.24, 2.45) is 40.9 Å². The second kappa shape index (κ2) is 19.7. The molecule has 50 heavy (non-hydrogen) atoms. The van der Waals surface area contributed by atoms with Gasteiger partial charge in [0.15, 0.2) is 0 Å². The van der Waals surface area contributed by atoms with Crippen molar-refractivity contribution in [3.8, 4) is 0 Å². The van der Waals surface area contributed by atoms with E-state index in [0.29, 0.717) is 25.7 Å². The lowest BCUT2D eigenvalue weighted by Crippen LogP contribution is -2.40. The van der Waals surface area contributed by atoms with E-state index in [-0.39, 0.29) is 50.5 Å². The predicted molar refractivity (Wildman–Crippen MR) is 176 cm³/mol. The molecule has 2 fully saturated rings. The number of carbonyl (C=O) groups excluding carboxylic acids is 4. The van der Waals surface area contributed by atoms with Gasteiger partial charge >= 0.3 is 39.1 Å². The number of hydrogen-bond acceptors (Lipinski definition) is 16. The Kier molecular flexibility index (Phi) is 17.4. The van der Waals surface area contributed by atoms with Gasteiger partial charge in [-0.05, 0) is 76.2 Å². The Labute approximate surface area is 292 Å². The zero-order valence-electron chi connectivity index (χ0n) is 29.2. The molecule has 9 N–H and O–H groups in total. The van der Waals surface area contributed by atoms with E-state index >= 15 is 0 Å². The van der Waals surface area contributed by atoms with Gasteiger partial charge in [0.2, 0.25) is 13.6 Å². The van der Waals surface area contributed by atoms with Crippen LogP contribution in [0.4, 0.5) is 0 Å². The van der Waals surface area contributed by atoms with Crippen LogP contribution in [-0.4, -0.2) is 88.3 Å². The van der Waals surface area contributed by atoms with Gasteiger partial charge in [-0.1, -0.05) is 27.7 Å². The standard InChI is InChI=1S/C30H55N3O15P2/c1-18(2)24(32)28(36)47-22-10-6-20(7-11-22)26(34)43-16-45-50(42,30(38,14-5-15-31)49(39,40)41)46-17-44-27(35)21-8-12-23(13-9-21)48-29(37)25(33)19(3)4/h18-25,38H,5-17,31-33H2,1-4H3,(H2,39,40,41)/t20?,21?,22?,23?,24-,25-,30?,50?/m0/s1. The molecule has 0 radical (unpaired) electrons. The monoisotopic (exact) mass is 759 g/mol. The summed E-state index contributed by atoms with van der Waals surface area (Å²) in [7, 11) is -11.0. The van der Waals surface area contributed by atoms with Crippen LogP contribution in [0.1, 0.15) is 91.9 Å². The molecule has 0 amide bonds. The molecule has 290 valence electrons. The van der Waals surface area contributed by atoms with Crippen LogP contribution >= 0.6 is 15.2 Å². The minimum Gasteiger partial charge on any atom is -0.461 e. The van der Waals surface area contributed by atoms with E-state index in [2.05, 4.69) is 0 Å². The number of nitrogens with two attached hydrogens (primary N) is 3. The molecule has 2 rings (SSSR count). The quantitative estimate of drug-likeness (QED) is 0.0474. The highest BCUT2D eigenvalue weighted by Gasteiger charge is 2.62. The molecule has 0 bridgehead atoms. The third-order valence-electron chi connectivity index (χ3n) is 9.03. The molecule has 3 atom stereocenters. The molecule has 2 saturated carbocycles. The maximum Gasteiger partial charge on any atom is 0.380 e. The normalized spacial score (nSPS) is 25.1. The van der Waals surface area contributed by atoms with E-state index in [0.717, 1.165) is 0 Å². The van der Waals surface area contributed by atoms with E-state index < -0.39 is 100 Å². The van der Waals surface area contributed by atoms with Crippen LogP contribution in [0, 0.1) is 23.7 Å². The van der Waals surface area contributed by atoms with Crippen LogP contribution < -0.4 is 17.2 Å². The zero-order valence-corrected chi connectivity index (χ0v) is 31.0. The molecule has 20 heteroatoms. The van der Waals surface area contributed by atoms with Crippen molar-refractivity contribution in [2.75, 3.05) is 20.1 Å². The fraction of sp³-hybridized carbons (Fsp3) is 0.867. The van der Waals surface area contributed by atoms with E-state index in [4.69, 9.17) is 45.2 Å².